The van der Waals surface area contributed by atoms with E-state index in [9.17, 15) is 0 Å². The summed E-state index contributed by atoms with van der Waals surface area (Å²) in [6.45, 7) is 2.69. The van der Waals surface area contributed by atoms with Gasteiger partial charge in [-0.2, -0.15) is 0 Å². The molecule has 20 heavy (non-hydrogen) atoms. The number of nitrogens with zero attached hydrogens (tertiary/aromatic N) is 3. The summed E-state index contributed by atoms with van der Waals surface area (Å²) in [5.74, 6) is 2.36. The summed E-state index contributed by atoms with van der Waals surface area (Å²) in [5, 5.41) is 0. The minimum Gasteiger partial charge on any atom is -0.493 e. The summed E-state index contributed by atoms with van der Waals surface area (Å²) in [5.41, 5.74) is 2.08. The smallest absolute Gasteiger partial charge is 0.161 e. The van der Waals surface area contributed by atoms with Crippen LogP contribution < -0.4 is 14.4 Å². The Morgan fingerprint density at radius 1 is 1.05 bits per heavy atom. The molecular formula is C15H19N3O2. The molecule has 2 aromatic rings. The minimum atomic E-state index is 0.733. The van der Waals surface area contributed by atoms with Gasteiger partial charge in [-0.05, 0) is 24.6 Å². The van der Waals surface area contributed by atoms with Crippen molar-refractivity contribution in [3.63, 3.8) is 0 Å². The average molecular weight is 273 g/mol. The number of methoxy groups -OCH3 is 2. The summed E-state index contributed by atoms with van der Waals surface area (Å²) in [6.07, 6.45) is 1.58. The molecule has 0 radical (unpaired) electrons. The maximum Gasteiger partial charge on any atom is 0.161 e. The normalized spacial score (nSPS) is 10.2. The zero-order valence-corrected chi connectivity index (χ0v) is 12.3. The molecule has 0 fully saturated rings. The number of aromatic nitrogens is 2. The van der Waals surface area contributed by atoms with Crippen molar-refractivity contribution in [3.05, 3.63) is 41.9 Å². The van der Waals surface area contributed by atoms with Gasteiger partial charge in [-0.1, -0.05) is 6.07 Å². The first kappa shape index (κ1) is 14.1. The van der Waals surface area contributed by atoms with E-state index < -0.39 is 0 Å². The third-order valence-electron chi connectivity index (χ3n) is 3.05. The molecule has 1 heterocycles. The van der Waals surface area contributed by atoms with Crippen LogP contribution in [0.4, 0.5) is 5.82 Å². The van der Waals surface area contributed by atoms with E-state index in [2.05, 4.69) is 14.9 Å². The summed E-state index contributed by atoms with van der Waals surface area (Å²) < 4.78 is 10.6. The number of ether oxygens (including phenoxy) is 2. The fourth-order valence-electron chi connectivity index (χ4n) is 1.98. The fourth-order valence-corrected chi connectivity index (χ4v) is 1.98. The first-order valence-corrected chi connectivity index (χ1v) is 6.34. The van der Waals surface area contributed by atoms with Gasteiger partial charge in [-0.25, -0.2) is 9.97 Å². The lowest BCUT2D eigenvalue weighted by Crippen LogP contribution is -2.18. The molecule has 5 nitrogen and oxygen atoms in total. The Morgan fingerprint density at radius 3 is 2.45 bits per heavy atom. The Hall–Kier alpha value is -2.30. The molecule has 0 saturated heterocycles. The van der Waals surface area contributed by atoms with E-state index in [1.807, 2.05) is 38.2 Å². The van der Waals surface area contributed by atoms with E-state index in [0.29, 0.717) is 0 Å². The SMILES string of the molecule is COc1ccc(CN(C)c2cc(C)ncn2)cc1OC. The lowest BCUT2D eigenvalue weighted by atomic mass is 10.2. The highest BCUT2D eigenvalue weighted by atomic mass is 16.5. The van der Waals surface area contributed by atoms with E-state index in [1.165, 1.54) is 0 Å². The standard InChI is InChI=1S/C15H19N3O2/c1-11-7-15(17-10-16-11)18(2)9-12-5-6-13(19-3)14(8-12)20-4/h5-8,10H,9H2,1-4H3. The summed E-state index contributed by atoms with van der Waals surface area (Å²) in [4.78, 5) is 10.4. The minimum absolute atomic E-state index is 0.733. The topological polar surface area (TPSA) is 47.5 Å². The van der Waals surface area contributed by atoms with Crippen molar-refractivity contribution in [2.75, 3.05) is 26.2 Å². The van der Waals surface area contributed by atoms with Crippen LogP contribution in [0.3, 0.4) is 0 Å². The van der Waals surface area contributed by atoms with E-state index in [0.717, 1.165) is 35.1 Å². The Morgan fingerprint density at radius 2 is 1.80 bits per heavy atom. The molecule has 2 rings (SSSR count). The molecule has 0 atom stereocenters. The highest BCUT2D eigenvalue weighted by Crippen LogP contribution is 2.28. The van der Waals surface area contributed by atoms with Gasteiger partial charge in [0, 0.05) is 25.4 Å². The van der Waals surface area contributed by atoms with Crippen LogP contribution in [0.1, 0.15) is 11.3 Å². The van der Waals surface area contributed by atoms with Crippen molar-refractivity contribution >= 4 is 5.82 Å². The summed E-state index contributed by atoms with van der Waals surface area (Å²) in [6, 6.07) is 7.86. The predicted molar refractivity (Wildman–Crippen MR) is 78.4 cm³/mol. The van der Waals surface area contributed by atoms with Crippen molar-refractivity contribution in [2.45, 2.75) is 13.5 Å². The van der Waals surface area contributed by atoms with E-state index >= 15 is 0 Å². The number of benzene rings is 1. The maximum atomic E-state index is 5.31. The highest BCUT2D eigenvalue weighted by molar-refractivity contribution is 5.45. The van der Waals surface area contributed by atoms with Crippen molar-refractivity contribution in [3.8, 4) is 11.5 Å². The number of hydrogen-bond acceptors (Lipinski definition) is 5. The van der Waals surface area contributed by atoms with Crippen LogP contribution in [-0.4, -0.2) is 31.2 Å². The molecule has 0 unspecified atom stereocenters. The molecule has 0 aliphatic rings. The first-order valence-electron chi connectivity index (χ1n) is 6.34. The van der Waals surface area contributed by atoms with Crippen molar-refractivity contribution in [1.82, 2.24) is 9.97 Å². The van der Waals surface area contributed by atoms with Gasteiger partial charge in [0.1, 0.15) is 12.1 Å². The van der Waals surface area contributed by atoms with Crippen molar-refractivity contribution in [1.29, 1.82) is 0 Å². The Kier molecular flexibility index (Phi) is 4.40. The van der Waals surface area contributed by atoms with E-state index in [4.69, 9.17) is 9.47 Å². The van der Waals surface area contributed by atoms with Crippen LogP contribution in [0.15, 0.2) is 30.6 Å². The number of hydrogen-bond donors (Lipinski definition) is 0. The Labute approximate surface area is 119 Å². The number of anilines is 1. The Balaban J connectivity index is 2.17. The first-order chi connectivity index (χ1) is 9.63. The largest absolute Gasteiger partial charge is 0.493 e. The lowest BCUT2D eigenvalue weighted by molar-refractivity contribution is 0.354. The van der Waals surface area contributed by atoms with Crippen LogP contribution in [0, 0.1) is 6.92 Å². The van der Waals surface area contributed by atoms with Gasteiger partial charge in [-0.15, -0.1) is 0 Å². The second-order valence-corrected chi connectivity index (χ2v) is 4.56. The van der Waals surface area contributed by atoms with Crippen LogP contribution in [0.25, 0.3) is 0 Å². The van der Waals surface area contributed by atoms with Gasteiger partial charge in [0.2, 0.25) is 0 Å². The third-order valence-corrected chi connectivity index (χ3v) is 3.05. The zero-order valence-electron chi connectivity index (χ0n) is 12.3. The monoisotopic (exact) mass is 273 g/mol. The third kappa shape index (κ3) is 3.17. The summed E-state index contributed by atoms with van der Waals surface area (Å²) >= 11 is 0. The quantitative estimate of drug-likeness (QED) is 0.837. The average Bonchev–Trinajstić information content (AvgIpc) is 2.47. The van der Waals surface area contributed by atoms with Crippen LogP contribution in [0.5, 0.6) is 11.5 Å². The van der Waals surface area contributed by atoms with Crippen LogP contribution in [-0.2, 0) is 6.54 Å². The molecule has 0 saturated carbocycles. The maximum absolute atomic E-state index is 5.31. The second kappa shape index (κ2) is 6.23. The molecule has 0 aliphatic carbocycles. The molecule has 0 bridgehead atoms. The van der Waals surface area contributed by atoms with Crippen LogP contribution >= 0.6 is 0 Å². The zero-order chi connectivity index (χ0) is 14.5. The van der Waals surface area contributed by atoms with Crippen LogP contribution in [0.2, 0.25) is 0 Å². The second-order valence-electron chi connectivity index (χ2n) is 4.56. The van der Waals surface area contributed by atoms with Gasteiger partial charge < -0.3 is 14.4 Å². The van der Waals surface area contributed by atoms with Gasteiger partial charge in [0.25, 0.3) is 0 Å². The molecule has 5 heteroatoms. The van der Waals surface area contributed by atoms with Gasteiger partial charge in [-0.3, -0.25) is 0 Å². The molecule has 106 valence electrons. The molecule has 0 aliphatic heterocycles. The lowest BCUT2D eigenvalue weighted by Gasteiger charge is -2.19. The number of aryl methyl sites for hydroxylation is 1. The van der Waals surface area contributed by atoms with Crippen molar-refractivity contribution in [2.24, 2.45) is 0 Å². The molecule has 1 aromatic carbocycles. The van der Waals surface area contributed by atoms with Gasteiger partial charge in [0.05, 0.1) is 14.2 Å². The van der Waals surface area contributed by atoms with Gasteiger partial charge >= 0.3 is 0 Å². The van der Waals surface area contributed by atoms with E-state index in [1.54, 1.807) is 20.5 Å². The predicted octanol–water partition coefficient (Wildman–Crippen LogP) is 2.44. The molecule has 0 amide bonds. The Bertz CT molecular complexity index is 587. The summed E-state index contributed by atoms with van der Waals surface area (Å²) in [7, 11) is 5.27. The molecule has 0 spiro atoms. The van der Waals surface area contributed by atoms with Crippen molar-refractivity contribution < 1.29 is 9.47 Å². The highest BCUT2D eigenvalue weighted by Gasteiger charge is 2.08. The van der Waals surface area contributed by atoms with E-state index in [-0.39, 0.29) is 0 Å². The van der Waals surface area contributed by atoms with Gasteiger partial charge in [0.15, 0.2) is 11.5 Å². The molecule has 0 N–H and O–H groups in total. The fraction of sp³-hybridized carbons (Fsp3) is 0.333. The molecular weight excluding hydrogens is 254 g/mol. The number of rotatable bonds is 5. The molecule has 1 aromatic heterocycles.